The summed E-state index contributed by atoms with van der Waals surface area (Å²) >= 11 is 0. The van der Waals surface area contributed by atoms with Gasteiger partial charge in [0.15, 0.2) is 0 Å². The van der Waals surface area contributed by atoms with Crippen LogP contribution in [-0.2, 0) is 11.3 Å². The minimum absolute atomic E-state index is 0.154. The molecule has 0 bridgehead atoms. The van der Waals surface area contributed by atoms with Crippen LogP contribution >= 0.6 is 0 Å². The van der Waals surface area contributed by atoms with Crippen molar-refractivity contribution in [2.75, 3.05) is 26.7 Å². The first-order chi connectivity index (χ1) is 13.2. The number of carbonyl (C=O) groups is 1. The molecule has 1 aromatic carbocycles. The van der Waals surface area contributed by atoms with E-state index in [1.54, 1.807) is 6.20 Å². The van der Waals surface area contributed by atoms with Gasteiger partial charge in [-0.1, -0.05) is 24.3 Å². The molecule has 1 amide bonds. The highest BCUT2D eigenvalue weighted by molar-refractivity contribution is 5.83. The fourth-order valence-corrected chi connectivity index (χ4v) is 3.96. The zero-order valence-electron chi connectivity index (χ0n) is 15.8. The first kappa shape index (κ1) is 17.7. The van der Waals surface area contributed by atoms with Gasteiger partial charge in [0, 0.05) is 44.2 Å². The summed E-state index contributed by atoms with van der Waals surface area (Å²) in [7, 11) is 1.91. The first-order valence-electron chi connectivity index (χ1n) is 9.67. The number of nitrogens with zero attached hydrogens (tertiary/aromatic N) is 4. The molecule has 1 saturated heterocycles. The fraction of sp³-hybridized carbons (Fsp3) is 0.364. The van der Waals surface area contributed by atoms with Gasteiger partial charge in [-0.3, -0.25) is 14.7 Å². The number of hydrogen-bond donors (Lipinski definition) is 0. The number of pyridine rings is 1. The Morgan fingerprint density at radius 3 is 2.74 bits per heavy atom. The summed E-state index contributed by atoms with van der Waals surface area (Å²) in [6, 6.07) is 14.2. The quantitative estimate of drug-likeness (QED) is 0.675. The Morgan fingerprint density at radius 1 is 1.15 bits per heavy atom. The number of para-hydroxylation sites is 1. The van der Waals surface area contributed by atoms with E-state index in [1.165, 1.54) is 10.9 Å². The normalized spacial score (nSPS) is 15.9. The molecule has 27 heavy (non-hydrogen) atoms. The van der Waals surface area contributed by atoms with Crippen molar-refractivity contribution in [1.82, 2.24) is 19.4 Å². The number of fused-ring (bicyclic) bond motifs is 1. The fourth-order valence-electron chi connectivity index (χ4n) is 3.96. The molecule has 3 aromatic rings. The van der Waals surface area contributed by atoms with Crippen molar-refractivity contribution in [2.45, 2.75) is 25.4 Å². The minimum atomic E-state index is -0.229. The second kappa shape index (κ2) is 7.92. The van der Waals surface area contributed by atoms with Gasteiger partial charge in [0.05, 0.1) is 0 Å². The highest BCUT2D eigenvalue weighted by Crippen LogP contribution is 2.26. The average molecular weight is 362 g/mol. The van der Waals surface area contributed by atoms with E-state index in [4.69, 9.17) is 0 Å². The van der Waals surface area contributed by atoms with Crippen LogP contribution in [0.25, 0.3) is 10.9 Å². The van der Waals surface area contributed by atoms with Crippen molar-refractivity contribution in [3.05, 3.63) is 66.6 Å². The molecule has 2 aromatic heterocycles. The molecule has 0 saturated carbocycles. The van der Waals surface area contributed by atoms with Crippen LogP contribution in [0.5, 0.6) is 0 Å². The molecule has 0 spiro atoms. The third-order valence-corrected chi connectivity index (χ3v) is 5.47. The Balaban J connectivity index is 1.49. The largest absolute Gasteiger partial charge is 0.346 e. The molecule has 1 fully saturated rings. The van der Waals surface area contributed by atoms with E-state index in [0.29, 0.717) is 6.54 Å². The molecule has 1 atom stereocenters. The molecule has 0 aliphatic carbocycles. The van der Waals surface area contributed by atoms with Gasteiger partial charge >= 0.3 is 0 Å². The second-order valence-corrected chi connectivity index (χ2v) is 7.26. The number of rotatable bonds is 6. The number of hydrogen-bond acceptors (Lipinski definition) is 3. The Kier molecular flexibility index (Phi) is 5.21. The van der Waals surface area contributed by atoms with Crippen LogP contribution < -0.4 is 0 Å². The minimum Gasteiger partial charge on any atom is -0.346 e. The van der Waals surface area contributed by atoms with E-state index in [0.717, 1.165) is 38.0 Å². The van der Waals surface area contributed by atoms with Gasteiger partial charge in [-0.2, -0.15) is 0 Å². The molecule has 0 radical (unpaired) electrons. The van der Waals surface area contributed by atoms with Crippen molar-refractivity contribution < 1.29 is 4.79 Å². The van der Waals surface area contributed by atoms with Crippen LogP contribution in [0.3, 0.4) is 0 Å². The smallest absolute Gasteiger partial charge is 0.244 e. The number of benzene rings is 1. The van der Waals surface area contributed by atoms with Crippen LogP contribution in [0.15, 0.2) is 61.1 Å². The average Bonchev–Trinajstić information content (AvgIpc) is 3.37. The second-order valence-electron chi connectivity index (χ2n) is 7.26. The molecule has 0 N–H and O–H groups in total. The Bertz CT molecular complexity index is 899. The highest BCUT2D eigenvalue weighted by atomic mass is 16.2. The maximum Gasteiger partial charge on any atom is 0.244 e. The lowest BCUT2D eigenvalue weighted by molar-refractivity contribution is -0.135. The first-order valence-corrected chi connectivity index (χ1v) is 9.67. The number of carbonyl (C=O) groups excluding carboxylic acids is 1. The summed E-state index contributed by atoms with van der Waals surface area (Å²) in [4.78, 5) is 21.7. The third-order valence-electron chi connectivity index (χ3n) is 5.47. The predicted molar refractivity (Wildman–Crippen MR) is 107 cm³/mol. The maximum absolute atomic E-state index is 13.3. The van der Waals surface area contributed by atoms with Gasteiger partial charge < -0.3 is 9.47 Å². The lowest BCUT2D eigenvalue weighted by atomic mass is 10.1. The van der Waals surface area contributed by atoms with Crippen LogP contribution in [0.1, 0.15) is 24.4 Å². The molecule has 0 unspecified atom stereocenters. The Hall–Kier alpha value is -2.66. The number of likely N-dealkylation sites (tertiary alicyclic amines) is 1. The molecule has 140 valence electrons. The molecule has 1 aliphatic heterocycles. The molecule has 3 heterocycles. The topological polar surface area (TPSA) is 41.4 Å². The van der Waals surface area contributed by atoms with E-state index in [1.807, 2.05) is 30.3 Å². The van der Waals surface area contributed by atoms with E-state index < -0.39 is 0 Å². The third kappa shape index (κ3) is 3.74. The van der Waals surface area contributed by atoms with Gasteiger partial charge in [0.2, 0.25) is 5.91 Å². The molecular formula is C22H26N4O. The Labute approximate surface area is 160 Å². The molecule has 5 nitrogen and oxygen atoms in total. The maximum atomic E-state index is 13.3. The predicted octanol–water partition coefficient (Wildman–Crippen LogP) is 3.33. The summed E-state index contributed by atoms with van der Waals surface area (Å²) < 4.78 is 2.22. The SMILES string of the molecule is CN(CCn1ccc2ccccc21)C(=O)[C@@H](c1cccnc1)N1CCCC1. The van der Waals surface area contributed by atoms with Crippen molar-refractivity contribution in [3.63, 3.8) is 0 Å². The van der Waals surface area contributed by atoms with E-state index >= 15 is 0 Å². The summed E-state index contributed by atoms with van der Waals surface area (Å²) in [5.41, 5.74) is 2.20. The monoisotopic (exact) mass is 362 g/mol. The van der Waals surface area contributed by atoms with Crippen molar-refractivity contribution >= 4 is 16.8 Å². The number of amides is 1. The van der Waals surface area contributed by atoms with Crippen LogP contribution in [0, 0.1) is 0 Å². The van der Waals surface area contributed by atoms with Crippen LogP contribution in [0.2, 0.25) is 0 Å². The molecule has 5 heteroatoms. The van der Waals surface area contributed by atoms with Gasteiger partial charge in [0.1, 0.15) is 6.04 Å². The zero-order chi connectivity index (χ0) is 18.6. The summed E-state index contributed by atoms with van der Waals surface area (Å²) in [5.74, 6) is 0.154. The van der Waals surface area contributed by atoms with Gasteiger partial charge in [-0.05, 0) is 55.1 Å². The van der Waals surface area contributed by atoms with Gasteiger partial charge in [0.25, 0.3) is 0 Å². The standard InChI is InChI=1S/C22H26N4O/c1-24(15-16-25-14-10-18-7-2-3-9-20(18)25)22(27)21(26-12-4-5-13-26)19-8-6-11-23-17-19/h2-3,6-11,14,17,21H,4-5,12-13,15-16H2,1H3/t21-/m1/s1. The van der Waals surface area contributed by atoms with Crippen LogP contribution in [0.4, 0.5) is 0 Å². The lowest BCUT2D eigenvalue weighted by Crippen LogP contribution is -2.41. The van der Waals surface area contributed by atoms with E-state index in [-0.39, 0.29) is 11.9 Å². The summed E-state index contributed by atoms with van der Waals surface area (Å²) in [6.45, 7) is 3.42. The lowest BCUT2D eigenvalue weighted by Gasteiger charge is -2.30. The van der Waals surface area contributed by atoms with Gasteiger partial charge in [-0.25, -0.2) is 0 Å². The van der Waals surface area contributed by atoms with Crippen molar-refractivity contribution in [1.29, 1.82) is 0 Å². The Morgan fingerprint density at radius 2 is 1.96 bits per heavy atom. The van der Waals surface area contributed by atoms with Gasteiger partial charge in [-0.15, -0.1) is 0 Å². The number of aromatic nitrogens is 2. The molecule has 1 aliphatic rings. The number of likely N-dealkylation sites (N-methyl/N-ethyl adjacent to an activating group) is 1. The van der Waals surface area contributed by atoms with Crippen LogP contribution in [-0.4, -0.2) is 51.9 Å². The van der Waals surface area contributed by atoms with Crippen molar-refractivity contribution in [3.8, 4) is 0 Å². The summed E-state index contributed by atoms with van der Waals surface area (Å²) in [5, 5.41) is 1.23. The van der Waals surface area contributed by atoms with E-state index in [9.17, 15) is 4.79 Å². The highest BCUT2D eigenvalue weighted by Gasteiger charge is 2.31. The van der Waals surface area contributed by atoms with E-state index in [2.05, 4.69) is 51.0 Å². The summed E-state index contributed by atoms with van der Waals surface area (Å²) in [6.07, 6.45) is 8.00. The molecule has 4 rings (SSSR count). The van der Waals surface area contributed by atoms with Crippen molar-refractivity contribution in [2.24, 2.45) is 0 Å². The zero-order valence-corrected chi connectivity index (χ0v) is 15.8. The molecular weight excluding hydrogens is 336 g/mol.